The summed E-state index contributed by atoms with van der Waals surface area (Å²) in [5.41, 5.74) is -2.02. The van der Waals surface area contributed by atoms with Crippen LogP contribution in [0.5, 0.6) is 0 Å². The largest absolute Gasteiger partial charge is 0.453 e. The summed E-state index contributed by atoms with van der Waals surface area (Å²) in [5.74, 6) is 0.0810. The van der Waals surface area contributed by atoms with E-state index in [1.54, 1.807) is 14.0 Å². The van der Waals surface area contributed by atoms with Crippen molar-refractivity contribution in [1.29, 1.82) is 0 Å². The van der Waals surface area contributed by atoms with E-state index < -0.39 is 32.8 Å². The van der Waals surface area contributed by atoms with Crippen LogP contribution in [0.25, 0.3) is 0 Å². The molecule has 0 saturated heterocycles. The smallest absolute Gasteiger partial charge is 0.339 e. The van der Waals surface area contributed by atoms with E-state index in [1.165, 1.54) is 0 Å². The lowest BCUT2D eigenvalue weighted by Gasteiger charge is -2.39. The topological polar surface area (TPSA) is 122 Å². The Kier molecular flexibility index (Phi) is 4.46. The van der Waals surface area contributed by atoms with Gasteiger partial charge in [-0.1, -0.05) is 13.8 Å². The summed E-state index contributed by atoms with van der Waals surface area (Å²) < 4.78 is 11.3. The van der Waals surface area contributed by atoms with Crippen LogP contribution < -0.4 is 0 Å². The van der Waals surface area contributed by atoms with Gasteiger partial charge in [-0.25, -0.2) is 4.79 Å². The molecule has 2 saturated carbocycles. The first kappa shape index (κ1) is 19.2. The molecule has 0 amide bonds. The summed E-state index contributed by atoms with van der Waals surface area (Å²) in [6, 6.07) is 2.80. The number of hydrogen-bond acceptors (Lipinski definition) is 7. The molecule has 3 rings (SSSR count). The summed E-state index contributed by atoms with van der Waals surface area (Å²) in [4.78, 5) is 33.2. The number of hydrogen-bond donors (Lipinski definition) is 0. The highest BCUT2D eigenvalue weighted by molar-refractivity contribution is 5.91. The summed E-state index contributed by atoms with van der Waals surface area (Å²) in [7, 11) is 1.56. The van der Waals surface area contributed by atoms with Crippen LogP contribution in [0.2, 0.25) is 0 Å². The van der Waals surface area contributed by atoms with Crippen molar-refractivity contribution in [2.24, 2.45) is 17.3 Å². The van der Waals surface area contributed by atoms with E-state index in [0.29, 0.717) is 18.3 Å². The van der Waals surface area contributed by atoms with Gasteiger partial charge in [0.2, 0.25) is 0 Å². The molecule has 146 valence electrons. The number of methoxy groups -OCH3 is 1. The number of fused-ring (bicyclic) bond motifs is 1. The molecule has 9 nitrogen and oxygen atoms in total. The standard InChI is InChI=1S/C18H22N2O7/c1-17(2)13-8-15(26-4)18(3,9-14(13)17)27-16(21)10-5-11(19(22)23)7-12(6-10)20(24)25/h5-7,13-15H,8-9H2,1-4H3/t13-,14-,15+,18-/m1/s1. The number of nitro benzene ring substituents is 2. The molecule has 0 aliphatic heterocycles. The number of nitro groups is 2. The molecule has 0 aromatic heterocycles. The maximum atomic E-state index is 12.7. The zero-order valence-corrected chi connectivity index (χ0v) is 15.6. The van der Waals surface area contributed by atoms with Gasteiger partial charge in [0, 0.05) is 19.2 Å². The normalized spacial score (nSPS) is 30.9. The van der Waals surface area contributed by atoms with Gasteiger partial charge in [-0.05, 0) is 37.0 Å². The summed E-state index contributed by atoms with van der Waals surface area (Å²) in [6.07, 6.45) is 1.07. The Balaban J connectivity index is 1.88. The number of carbonyl (C=O) groups is 1. The molecular weight excluding hydrogens is 356 g/mol. The number of rotatable bonds is 5. The highest BCUT2D eigenvalue weighted by Gasteiger charge is 2.65. The van der Waals surface area contributed by atoms with Crippen molar-refractivity contribution >= 4 is 17.3 Å². The van der Waals surface area contributed by atoms with E-state index in [-0.39, 0.29) is 17.1 Å². The Hall–Kier alpha value is -2.55. The molecule has 2 fully saturated rings. The Morgan fingerprint density at radius 2 is 1.63 bits per heavy atom. The Labute approximate surface area is 155 Å². The number of nitrogens with zero attached hydrogens (tertiary/aromatic N) is 2. The molecule has 2 aliphatic rings. The summed E-state index contributed by atoms with van der Waals surface area (Å²) in [6.45, 7) is 6.13. The zero-order valence-electron chi connectivity index (χ0n) is 15.6. The van der Waals surface area contributed by atoms with Gasteiger partial charge in [-0.2, -0.15) is 0 Å². The predicted octanol–water partition coefficient (Wildman–Crippen LogP) is 3.50. The second-order valence-corrected chi connectivity index (χ2v) is 8.15. The Morgan fingerprint density at radius 3 is 2.11 bits per heavy atom. The van der Waals surface area contributed by atoms with E-state index >= 15 is 0 Å². The van der Waals surface area contributed by atoms with E-state index in [2.05, 4.69) is 13.8 Å². The van der Waals surface area contributed by atoms with Crippen LogP contribution in [0.3, 0.4) is 0 Å². The fourth-order valence-corrected chi connectivity index (χ4v) is 4.43. The van der Waals surface area contributed by atoms with Gasteiger partial charge in [0.15, 0.2) is 0 Å². The molecule has 0 heterocycles. The van der Waals surface area contributed by atoms with Crippen molar-refractivity contribution in [3.8, 4) is 0 Å². The molecule has 4 atom stereocenters. The molecule has 1 aromatic carbocycles. The number of benzene rings is 1. The molecule has 0 bridgehead atoms. The van der Waals surface area contributed by atoms with Crippen molar-refractivity contribution in [3.63, 3.8) is 0 Å². The van der Waals surface area contributed by atoms with Crippen LogP contribution in [0, 0.1) is 37.5 Å². The number of non-ortho nitro benzene ring substituents is 2. The lowest BCUT2D eigenvalue weighted by Crippen LogP contribution is -2.47. The predicted molar refractivity (Wildman–Crippen MR) is 94.4 cm³/mol. The van der Waals surface area contributed by atoms with Crippen molar-refractivity contribution < 1.29 is 24.1 Å². The lowest BCUT2D eigenvalue weighted by atomic mass is 9.83. The second-order valence-electron chi connectivity index (χ2n) is 8.15. The first-order chi connectivity index (χ1) is 12.5. The van der Waals surface area contributed by atoms with Gasteiger partial charge >= 0.3 is 5.97 Å². The van der Waals surface area contributed by atoms with Crippen LogP contribution in [0.1, 0.15) is 44.0 Å². The van der Waals surface area contributed by atoms with Crippen molar-refractivity contribution in [2.45, 2.75) is 45.3 Å². The van der Waals surface area contributed by atoms with Gasteiger partial charge < -0.3 is 9.47 Å². The summed E-state index contributed by atoms with van der Waals surface area (Å²) >= 11 is 0. The van der Waals surface area contributed by atoms with E-state index in [1.807, 2.05) is 0 Å². The minimum absolute atomic E-state index is 0.158. The minimum Gasteiger partial charge on any atom is -0.453 e. The third-order valence-corrected chi connectivity index (χ3v) is 6.23. The van der Waals surface area contributed by atoms with Crippen molar-refractivity contribution in [2.75, 3.05) is 7.11 Å². The molecule has 9 heteroatoms. The summed E-state index contributed by atoms with van der Waals surface area (Å²) in [5, 5.41) is 22.1. The Morgan fingerprint density at radius 1 is 1.07 bits per heavy atom. The monoisotopic (exact) mass is 378 g/mol. The average molecular weight is 378 g/mol. The van der Waals surface area contributed by atoms with Crippen LogP contribution in [0.15, 0.2) is 18.2 Å². The molecule has 0 N–H and O–H groups in total. The fraction of sp³-hybridized carbons (Fsp3) is 0.611. The number of esters is 1. The fourth-order valence-electron chi connectivity index (χ4n) is 4.43. The van der Waals surface area contributed by atoms with Gasteiger partial charge in [-0.15, -0.1) is 0 Å². The molecule has 0 spiro atoms. The average Bonchev–Trinajstić information content (AvgIpc) is 3.11. The zero-order chi connectivity index (χ0) is 20.1. The quantitative estimate of drug-likeness (QED) is 0.436. The van der Waals surface area contributed by atoms with Crippen LogP contribution in [-0.4, -0.2) is 34.6 Å². The van der Waals surface area contributed by atoms with E-state index in [4.69, 9.17) is 9.47 Å². The third-order valence-electron chi connectivity index (χ3n) is 6.23. The van der Waals surface area contributed by atoms with Crippen molar-refractivity contribution in [1.82, 2.24) is 0 Å². The van der Waals surface area contributed by atoms with Gasteiger partial charge in [-0.3, -0.25) is 20.2 Å². The second kappa shape index (κ2) is 6.26. The van der Waals surface area contributed by atoms with Crippen LogP contribution >= 0.6 is 0 Å². The van der Waals surface area contributed by atoms with Gasteiger partial charge in [0.05, 0.1) is 27.6 Å². The SMILES string of the molecule is CO[C@H]1C[C@@H]2[C@@H](C[C@@]1(C)OC(=O)c1cc([N+](=O)[O-])cc([N+](=O)[O-])c1)C2(C)C. The van der Waals surface area contributed by atoms with E-state index in [9.17, 15) is 25.0 Å². The first-order valence-electron chi connectivity index (χ1n) is 8.69. The molecule has 2 aliphatic carbocycles. The molecule has 0 radical (unpaired) electrons. The minimum atomic E-state index is -0.903. The highest BCUT2D eigenvalue weighted by atomic mass is 16.6. The maximum absolute atomic E-state index is 12.7. The Bertz CT molecular complexity index is 790. The molecular formula is C18H22N2O7. The number of ether oxygens (including phenoxy) is 2. The molecule has 1 aromatic rings. The van der Waals surface area contributed by atoms with Crippen molar-refractivity contribution in [3.05, 3.63) is 44.0 Å². The van der Waals surface area contributed by atoms with Gasteiger partial charge in [0.1, 0.15) is 5.60 Å². The van der Waals surface area contributed by atoms with Crippen LogP contribution in [-0.2, 0) is 9.47 Å². The first-order valence-corrected chi connectivity index (χ1v) is 8.69. The van der Waals surface area contributed by atoms with Crippen LogP contribution in [0.4, 0.5) is 11.4 Å². The van der Waals surface area contributed by atoms with Gasteiger partial charge in [0.25, 0.3) is 11.4 Å². The highest BCUT2D eigenvalue weighted by Crippen LogP contribution is 2.67. The third kappa shape index (κ3) is 3.27. The molecule has 0 unspecified atom stereocenters. The number of carbonyl (C=O) groups excluding carboxylic acids is 1. The molecule has 27 heavy (non-hydrogen) atoms. The lowest BCUT2D eigenvalue weighted by molar-refractivity contribution is -0.394. The maximum Gasteiger partial charge on any atom is 0.339 e. The van der Waals surface area contributed by atoms with E-state index in [0.717, 1.165) is 24.6 Å².